The number of imidazole rings is 1. The van der Waals surface area contributed by atoms with E-state index < -0.39 is 0 Å². The summed E-state index contributed by atoms with van der Waals surface area (Å²) in [5, 5.41) is 4.45. The molecule has 0 saturated carbocycles. The Morgan fingerprint density at radius 1 is 1.24 bits per heavy atom. The zero-order chi connectivity index (χ0) is 14.8. The summed E-state index contributed by atoms with van der Waals surface area (Å²) in [6.45, 7) is 7.77. The molecular weight excluding hydrogens is 290 g/mol. The Hall–Kier alpha value is -1.11. The lowest BCUT2D eigenvalue weighted by molar-refractivity contribution is 0.0369. The van der Waals surface area contributed by atoms with Gasteiger partial charge in [0.2, 0.25) is 0 Å². The predicted molar refractivity (Wildman–Crippen MR) is 82.7 cm³/mol. The number of aromatic nitrogens is 4. The fourth-order valence-electron chi connectivity index (χ4n) is 2.99. The molecule has 1 fully saturated rings. The van der Waals surface area contributed by atoms with Gasteiger partial charge in [0.25, 0.3) is 0 Å². The maximum atomic E-state index is 6.05. The minimum absolute atomic E-state index is 0.436. The molecule has 0 bridgehead atoms. The van der Waals surface area contributed by atoms with E-state index in [9.17, 15) is 0 Å². The van der Waals surface area contributed by atoms with Crippen molar-refractivity contribution in [2.45, 2.75) is 25.8 Å². The molecule has 3 rings (SSSR count). The van der Waals surface area contributed by atoms with E-state index in [1.54, 1.807) is 0 Å². The van der Waals surface area contributed by atoms with Gasteiger partial charge in [0.05, 0.1) is 24.8 Å². The Morgan fingerprint density at radius 3 is 2.71 bits per heavy atom. The van der Waals surface area contributed by atoms with Crippen LogP contribution in [0.2, 0.25) is 0 Å². The lowest BCUT2D eigenvalue weighted by atomic mass is 10.3. The molecule has 0 N–H and O–H groups in total. The Labute approximate surface area is 129 Å². The number of halogens is 1. The average molecular weight is 312 g/mol. The van der Waals surface area contributed by atoms with E-state index in [0.717, 1.165) is 68.5 Å². The van der Waals surface area contributed by atoms with Crippen molar-refractivity contribution in [1.29, 1.82) is 0 Å². The van der Waals surface area contributed by atoms with Gasteiger partial charge in [0.15, 0.2) is 5.65 Å². The van der Waals surface area contributed by atoms with Crippen molar-refractivity contribution in [3.63, 3.8) is 0 Å². The smallest absolute Gasteiger partial charge is 0.158 e. The largest absolute Gasteiger partial charge is 0.379 e. The van der Waals surface area contributed by atoms with Crippen molar-refractivity contribution < 1.29 is 4.74 Å². The van der Waals surface area contributed by atoms with Crippen molar-refractivity contribution in [2.24, 2.45) is 7.05 Å². The summed E-state index contributed by atoms with van der Waals surface area (Å²) in [7, 11) is 1.97. The van der Waals surface area contributed by atoms with Gasteiger partial charge < -0.3 is 9.30 Å². The van der Waals surface area contributed by atoms with Crippen LogP contribution in [-0.2, 0) is 24.2 Å². The molecule has 0 atom stereocenters. The summed E-state index contributed by atoms with van der Waals surface area (Å²) in [5.74, 6) is 1.37. The first-order chi connectivity index (χ1) is 10.2. The van der Waals surface area contributed by atoms with E-state index in [1.807, 2.05) is 18.7 Å². The van der Waals surface area contributed by atoms with Gasteiger partial charge in [-0.15, -0.1) is 11.6 Å². The molecule has 7 heteroatoms. The lowest BCUT2D eigenvalue weighted by Crippen LogP contribution is -2.37. The number of nitrogens with zero attached hydrogens (tertiary/aromatic N) is 5. The first-order valence-corrected chi connectivity index (χ1v) is 7.99. The van der Waals surface area contributed by atoms with Crippen molar-refractivity contribution in [3.8, 4) is 0 Å². The van der Waals surface area contributed by atoms with Gasteiger partial charge in [-0.3, -0.25) is 9.58 Å². The molecular formula is C14H22ClN5O. The van der Waals surface area contributed by atoms with Gasteiger partial charge in [-0.2, -0.15) is 5.10 Å². The quantitative estimate of drug-likeness (QED) is 0.786. The zero-order valence-corrected chi connectivity index (χ0v) is 13.4. The van der Waals surface area contributed by atoms with Crippen LogP contribution in [0.3, 0.4) is 0 Å². The highest BCUT2D eigenvalue weighted by Crippen LogP contribution is 2.20. The fourth-order valence-corrected chi connectivity index (χ4v) is 3.20. The van der Waals surface area contributed by atoms with E-state index in [-0.39, 0.29) is 0 Å². The number of ether oxygens (including phenoxy) is 1. The molecule has 0 unspecified atom stereocenters. The Balaban J connectivity index is 1.73. The van der Waals surface area contributed by atoms with Crippen LogP contribution in [0, 0.1) is 6.92 Å². The van der Waals surface area contributed by atoms with Crippen LogP contribution in [0.4, 0.5) is 0 Å². The molecule has 0 aliphatic carbocycles. The molecule has 1 aliphatic heterocycles. The highest BCUT2D eigenvalue weighted by Gasteiger charge is 2.17. The molecule has 3 heterocycles. The van der Waals surface area contributed by atoms with Crippen molar-refractivity contribution in [1.82, 2.24) is 24.2 Å². The van der Waals surface area contributed by atoms with Crippen LogP contribution >= 0.6 is 11.6 Å². The number of hydrogen-bond acceptors (Lipinski definition) is 4. The highest BCUT2D eigenvalue weighted by molar-refractivity contribution is 6.16. The number of fused-ring (bicyclic) bond motifs is 1. The maximum Gasteiger partial charge on any atom is 0.158 e. The molecule has 0 spiro atoms. The Bertz CT molecular complexity index is 614. The average Bonchev–Trinajstić information content (AvgIpc) is 2.99. The summed E-state index contributed by atoms with van der Waals surface area (Å²) in [6.07, 6.45) is 1.08. The summed E-state index contributed by atoms with van der Waals surface area (Å²) >= 11 is 6.05. The van der Waals surface area contributed by atoms with Crippen molar-refractivity contribution >= 4 is 22.8 Å². The second-order valence-electron chi connectivity index (χ2n) is 5.50. The van der Waals surface area contributed by atoms with Gasteiger partial charge in [0, 0.05) is 33.2 Å². The van der Waals surface area contributed by atoms with Crippen LogP contribution in [-0.4, -0.2) is 57.1 Å². The standard InChI is InChI=1S/C14H22ClN5O/c1-11-13-14(18(2)17-11)20(12(10-15)16-13)5-3-4-19-6-8-21-9-7-19/h3-10H2,1-2H3. The molecule has 0 amide bonds. The fraction of sp³-hybridized carbons (Fsp3) is 0.714. The third kappa shape index (κ3) is 2.93. The third-order valence-electron chi connectivity index (χ3n) is 4.05. The molecule has 2 aromatic heterocycles. The van der Waals surface area contributed by atoms with E-state index in [0.29, 0.717) is 5.88 Å². The first kappa shape index (κ1) is 14.8. The normalized spacial score (nSPS) is 16.9. The molecule has 0 radical (unpaired) electrons. The van der Waals surface area contributed by atoms with Crippen LogP contribution < -0.4 is 0 Å². The van der Waals surface area contributed by atoms with Crippen LogP contribution in [0.1, 0.15) is 17.9 Å². The van der Waals surface area contributed by atoms with E-state index in [1.165, 1.54) is 0 Å². The first-order valence-electron chi connectivity index (χ1n) is 7.45. The summed E-state index contributed by atoms with van der Waals surface area (Å²) in [5.41, 5.74) is 3.01. The summed E-state index contributed by atoms with van der Waals surface area (Å²) < 4.78 is 9.49. The molecule has 0 aromatic carbocycles. The number of alkyl halides is 1. The lowest BCUT2D eigenvalue weighted by Gasteiger charge is -2.26. The van der Waals surface area contributed by atoms with Gasteiger partial charge >= 0.3 is 0 Å². The van der Waals surface area contributed by atoms with E-state index in [4.69, 9.17) is 16.3 Å². The minimum Gasteiger partial charge on any atom is -0.379 e. The third-order valence-corrected chi connectivity index (χ3v) is 4.29. The van der Waals surface area contributed by atoms with E-state index in [2.05, 4.69) is 19.5 Å². The molecule has 1 aliphatic rings. The SMILES string of the molecule is Cc1nn(C)c2c1nc(CCl)n2CCCN1CCOCC1. The van der Waals surface area contributed by atoms with Gasteiger partial charge in [-0.25, -0.2) is 4.98 Å². The molecule has 1 saturated heterocycles. The monoisotopic (exact) mass is 311 g/mol. The number of morpholine rings is 1. The maximum absolute atomic E-state index is 6.05. The number of hydrogen-bond donors (Lipinski definition) is 0. The van der Waals surface area contributed by atoms with Crippen LogP contribution in [0.25, 0.3) is 11.2 Å². The van der Waals surface area contributed by atoms with Crippen LogP contribution in [0.15, 0.2) is 0 Å². The van der Waals surface area contributed by atoms with E-state index >= 15 is 0 Å². The number of aryl methyl sites for hydroxylation is 3. The minimum atomic E-state index is 0.436. The number of rotatable bonds is 5. The highest BCUT2D eigenvalue weighted by atomic mass is 35.5. The molecule has 6 nitrogen and oxygen atoms in total. The predicted octanol–water partition coefficient (Wildman–Crippen LogP) is 1.54. The van der Waals surface area contributed by atoms with Crippen LogP contribution in [0.5, 0.6) is 0 Å². The van der Waals surface area contributed by atoms with Crippen molar-refractivity contribution in [2.75, 3.05) is 32.8 Å². The van der Waals surface area contributed by atoms with Gasteiger partial charge in [0.1, 0.15) is 11.3 Å². The topological polar surface area (TPSA) is 48.1 Å². The summed E-state index contributed by atoms with van der Waals surface area (Å²) in [4.78, 5) is 7.08. The summed E-state index contributed by atoms with van der Waals surface area (Å²) in [6, 6.07) is 0. The van der Waals surface area contributed by atoms with Gasteiger partial charge in [-0.1, -0.05) is 0 Å². The molecule has 116 valence electrons. The Kier molecular flexibility index (Phi) is 4.47. The molecule has 21 heavy (non-hydrogen) atoms. The molecule has 2 aromatic rings. The Morgan fingerprint density at radius 2 is 2.00 bits per heavy atom. The van der Waals surface area contributed by atoms with Gasteiger partial charge in [-0.05, 0) is 13.3 Å². The second-order valence-corrected chi connectivity index (χ2v) is 5.77. The van der Waals surface area contributed by atoms with Crippen molar-refractivity contribution in [3.05, 3.63) is 11.5 Å². The zero-order valence-electron chi connectivity index (χ0n) is 12.7. The second kappa shape index (κ2) is 6.34.